The number of carboxylic acids is 1. The highest BCUT2D eigenvalue weighted by Crippen LogP contribution is 2.20. The Balaban J connectivity index is 2.65. The number of benzene rings is 1. The van der Waals surface area contributed by atoms with Gasteiger partial charge in [-0.3, -0.25) is 4.79 Å². The summed E-state index contributed by atoms with van der Waals surface area (Å²) in [5.74, 6) is 0.0624. The number of hydrogen-bond acceptors (Lipinski definition) is 4. The molecule has 1 aromatic carbocycles. The van der Waals surface area contributed by atoms with Crippen molar-refractivity contribution in [1.82, 2.24) is 10.2 Å². The average molecular weight is 294 g/mol. The first-order valence-electron chi connectivity index (χ1n) is 7.27. The Morgan fingerprint density at radius 2 is 2.10 bits per heavy atom. The number of para-hydroxylation sites is 1. The van der Waals surface area contributed by atoms with Crippen LogP contribution in [0.3, 0.4) is 0 Å². The van der Waals surface area contributed by atoms with Gasteiger partial charge in [-0.15, -0.1) is 0 Å². The van der Waals surface area contributed by atoms with Crippen molar-refractivity contribution < 1.29 is 14.6 Å². The van der Waals surface area contributed by atoms with Crippen molar-refractivity contribution in [1.29, 1.82) is 0 Å². The minimum absolute atomic E-state index is 0.224. The number of rotatable bonds is 9. The maximum atomic E-state index is 11.2. The van der Waals surface area contributed by atoms with Crippen molar-refractivity contribution in [2.75, 3.05) is 27.2 Å². The zero-order valence-corrected chi connectivity index (χ0v) is 13.3. The molecule has 0 aromatic heterocycles. The number of nitrogens with zero attached hydrogens (tertiary/aromatic N) is 1. The van der Waals surface area contributed by atoms with Crippen molar-refractivity contribution >= 4 is 5.97 Å². The minimum Gasteiger partial charge on any atom is -0.496 e. The second-order valence-corrected chi connectivity index (χ2v) is 5.25. The van der Waals surface area contributed by atoms with Gasteiger partial charge < -0.3 is 20.1 Å². The number of carboxylic acid groups (broad SMARTS) is 1. The lowest BCUT2D eigenvalue weighted by molar-refractivity contribution is -0.140. The molecule has 0 saturated carbocycles. The molecular formula is C16H26N2O3. The van der Waals surface area contributed by atoms with Crippen LogP contribution >= 0.6 is 0 Å². The van der Waals surface area contributed by atoms with E-state index in [-0.39, 0.29) is 6.04 Å². The molecule has 0 aliphatic heterocycles. The molecule has 5 heteroatoms. The van der Waals surface area contributed by atoms with Gasteiger partial charge in [-0.05, 0) is 38.6 Å². The van der Waals surface area contributed by atoms with Crippen molar-refractivity contribution in [2.24, 2.45) is 0 Å². The largest absolute Gasteiger partial charge is 0.496 e. The minimum atomic E-state index is -0.812. The van der Waals surface area contributed by atoms with Gasteiger partial charge in [0.1, 0.15) is 11.8 Å². The first kappa shape index (κ1) is 17.5. The predicted octanol–water partition coefficient (Wildman–Crippen LogP) is 1.62. The maximum Gasteiger partial charge on any atom is 0.322 e. The molecule has 0 fully saturated rings. The number of ether oxygens (including phenoxy) is 1. The van der Waals surface area contributed by atoms with Crippen molar-refractivity contribution in [3.8, 4) is 5.75 Å². The van der Waals surface area contributed by atoms with E-state index in [1.54, 1.807) is 7.11 Å². The summed E-state index contributed by atoms with van der Waals surface area (Å²) in [6.45, 7) is 5.12. The van der Waals surface area contributed by atoms with Crippen LogP contribution in [-0.4, -0.2) is 55.3 Å². The van der Waals surface area contributed by atoms with Gasteiger partial charge in [-0.2, -0.15) is 0 Å². The van der Waals surface area contributed by atoms with E-state index in [9.17, 15) is 9.90 Å². The van der Waals surface area contributed by atoms with Gasteiger partial charge in [0.05, 0.1) is 7.11 Å². The maximum absolute atomic E-state index is 11.2. The normalized spacial score (nSPS) is 14.0. The first-order chi connectivity index (χ1) is 9.99. The van der Waals surface area contributed by atoms with Crippen LogP contribution in [0.1, 0.15) is 19.4 Å². The molecule has 0 aliphatic rings. The van der Waals surface area contributed by atoms with E-state index in [2.05, 4.69) is 17.1 Å². The fourth-order valence-corrected chi connectivity index (χ4v) is 2.29. The fraction of sp³-hybridized carbons (Fsp3) is 0.562. The smallest absolute Gasteiger partial charge is 0.322 e. The molecule has 5 nitrogen and oxygen atoms in total. The van der Waals surface area contributed by atoms with E-state index < -0.39 is 12.0 Å². The van der Waals surface area contributed by atoms with Crippen LogP contribution in [0.5, 0.6) is 5.75 Å². The second kappa shape index (κ2) is 8.64. The Bertz CT molecular complexity index is 451. The van der Waals surface area contributed by atoms with Crippen molar-refractivity contribution in [2.45, 2.75) is 32.4 Å². The molecule has 0 radical (unpaired) electrons. The number of methoxy groups -OCH3 is 1. The third-order valence-corrected chi connectivity index (χ3v) is 3.68. The first-order valence-corrected chi connectivity index (χ1v) is 7.27. The van der Waals surface area contributed by atoms with E-state index in [0.29, 0.717) is 13.1 Å². The molecular weight excluding hydrogens is 268 g/mol. The molecule has 0 aliphatic carbocycles. The number of carbonyl (C=O) groups is 1. The van der Waals surface area contributed by atoms with Crippen LogP contribution in [0.25, 0.3) is 0 Å². The van der Waals surface area contributed by atoms with Gasteiger partial charge in [0.15, 0.2) is 0 Å². The summed E-state index contributed by atoms with van der Waals surface area (Å²) in [5, 5.41) is 12.2. The van der Waals surface area contributed by atoms with Crippen LogP contribution < -0.4 is 10.1 Å². The number of nitrogens with one attached hydrogen (secondary N) is 1. The Morgan fingerprint density at radius 3 is 2.67 bits per heavy atom. The van der Waals surface area contributed by atoms with E-state index in [1.165, 1.54) is 0 Å². The SMILES string of the molecule is CCNC(CN(C)C(C)Cc1ccccc1OC)C(=O)O. The summed E-state index contributed by atoms with van der Waals surface area (Å²) < 4.78 is 5.36. The molecule has 0 spiro atoms. The highest BCUT2D eigenvalue weighted by atomic mass is 16.5. The Morgan fingerprint density at radius 1 is 1.43 bits per heavy atom. The van der Waals surface area contributed by atoms with Gasteiger partial charge in [0, 0.05) is 12.6 Å². The second-order valence-electron chi connectivity index (χ2n) is 5.25. The lowest BCUT2D eigenvalue weighted by atomic mass is 10.0. The molecule has 21 heavy (non-hydrogen) atoms. The van der Waals surface area contributed by atoms with E-state index in [4.69, 9.17) is 4.74 Å². The van der Waals surface area contributed by atoms with Gasteiger partial charge in [-0.25, -0.2) is 0 Å². The summed E-state index contributed by atoms with van der Waals surface area (Å²) in [6, 6.07) is 7.61. The van der Waals surface area contributed by atoms with Gasteiger partial charge >= 0.3 is 5.97 Å². The number of likely N-dealkylation sites (N-methyl/N-ethyl adjacent to an activating group) is 2. The summed E-state index contributed by atoms with van der Waals surface area (Å²) in [6.07, 6.45) is 0.818. The molecule has 1 aromatic rings. The topological polar surface area (TPSA) is 61.8 Å². The Kier molecular flexibility index (Phi) is 7.19. The summed E-state index contributed by atoms with van der Waals surface area (Å²) in [4.78, 5) is 13.3. The van der Waals surface area contributed by atoms with E-state index in [0.717, 1.165) is 17.7 Å². The quantitative estimate of drug-likeness (QED) is 0.725. The number of aliphatic carboxylic acids is 1. The Hall–Kier alpha value is -1.59. The van der Waals surface area contributed by atoms with Crippen LogP contribution in [0.4, 0.5) is 0 Å². The summed E-state index contributed by atoms with van der Waals surface area (Å²) in [5.41, 5.74) is 1.13. The van der Waals surface area contributed by atoms with Crippen LogP contribution in [0.15, 0.2) is 24.3 Å². The molecule has 0 amide bonds. The van der Waals surface area contributed by atoms with E-state index >= 15 is 0 Å². The monoisotopic (exact) mass is 294 g/mol. The van der Waals surface area contributed by atoms with Gasteiger partial charge in [0.25, 0.3) is 0 Å². The average Bonchev–Trinajstić information content (AvgIpc) is 2.47. The Labute approximate surface area is 126 Å². The number of hydrogen-bond donors (Lipinski definition) is 2. The molecule has 2 unspecified atom stereocenters. The lowest BCUT2D eigenvalue weighted by Gasteiger charge is -2.28. The summed E-state index contributed by atoms with van der Waals surface area (Å²) >= 11 is 0. The molecule has 2 N–H and O–H groups in total. The van der Waals surface area contributed by atoms with Gasteiger partial charge in [0.2, 0.25) is 0 Å². The fourth-order valence-electron chi connectivity index (χ4n) is 2.29. The molecule has 1 rings (SSSR count). The lowest BCUT2D eigenvalue weighted by Crippen LogP contribution is -2.47. The molecule has 118 valence electrons. The molecule has 2 atom stereocenters. The van der Waals surface area contributed by atoms with Crippen molar-refractivity contribution in [3.05, 3.63) is 29.8 Å². The van der Waals surface area contributed by atoms with Crippen molar-refractivity contribution in [3.63, 3.8) is 0 Å². The summed E-state index contributed by atoms with van der Waals surface area (Å²) in [7, 11) is 3.62. The highest BCUT2D eigenvalue weighted by Gasteiger charge is 2.21. The third-order valence-electron chi connectivity index (χ3n) is 3.68. The zero-order valence-electron chi connectivity index (χ0n) is 13.3. The highest BCUT2D eigenvalue weighted by molar-refractivity contribution is 5.73. The third kappa shape index (κ3) is 5.36. The van der Waals surface area contributed by atoms with Crippen LogP contribution in [0, 0.1) is 0 Å². The molecule has 0 bridgehead atoms. The standard InChI is InChI=1S/C16H26N2O3/c1-5-17-14(16(19)20)11-18(3)12(2)10-13-8-6-7-9-15(13)21-4/h6-9,12,14,17H,5,10-11H2,1-4H3,(H,19,20). The van der Waals surface area contributed by atoms with Crippen LogP contribution in [-0.2, 0) is 11.2 Å². The molecule has 0 heterocycles. The van der Waals surface area contributed by atoms with Gasteiger partial charge in [-0.1, -0.05) is 25.1 Å². The van der Waals surface area contributed by atoms with E-state index in [1.807, 2.05) is 38.2 Å². The predicted molar refractivity (Wildman–Crippen MR) is 83.9 cm³/mol. The molecule has 0 saturated heterocycles. The zero-order chi connectivity index (χ0) is 15.8. The van der Waals surface area contributed by atoms with Crippen LogP contribution in [0.2, 0.25) is 0 Å².